The van der Waals surface area contributed by atoms with Crippen molar-refractivity contribution in [1.29, 1.82) is 0 Å². The Labute approximate surface area is 235 Å². The second-order valence-electron chi connectivity index (χ2n) is 9.28. The Kier molecular flexibility index (Phi) is 27.5. The normalized spacial score (nSPS) is 10.8. The van der Waals surface area contributed by atoms with E-state index in [2.05, 4.69) is 6.92 Å². The summed E-state index contributed by atoms with van der Waals surface area (Å²) in [4.78, 5) is 36.9. The number of aliphatic hydroxyl groups excluding tert-OH is 1. The fraction of sp³-hybridized carbons (Fsp3) is 0.885. The summed E-state index contributed by atoms with van der Waals surface area (Å²) in [6.45, 7) is 1.55. The van der Waals surface area contributed by atoms with Crippen molar-refractivity contribution >= 4 is 17.8 Å². The van der Waals surface area contributed by atoms with Gasteiger partial charge in [0.15, 0.2) is 0 Å². The van der Waals surface area contributed by atoms with Crippen LogP contribution in [0.15, 0.2) is 0 Å². The van der Waals surface area contributed by atoms with Gasteiger partial charge in [0.25, 0.3) is 0 Å². The zero-order chi connectivity index (χ0) is 25.4. The second-order valence-corrected chi connectivity index (χ2v) is 9.28. The summed E-state index contributed by atoms with van der Waals surface area (Å²) < 4.78 is 0. The van der Waals surface area contributed by atoms with Crippen LogP contribution in [-0.2, 0) is 14.4 Å². The van der Waals surface area contributed by atoms with Crippen molar-refractivity contribution in [3.05, 3.63) is 0 Å². The summed E-state index contributed by atoms with van der Waals surface area (Å²) in [5.41, 5.74) is 0. The Balaban J connectivity index is 0. The molecule has 9 heteroatoms. The summed E-state index contributed by atoms with van der Waals surface area (Å²) in [5, 5.41) is 28.9. The molecular weight excluding hydrogens is 459 g/mol. The monoisotopic (exact) mass is 508 g/mol. The van der Waals surface area contributed by atoms with Crippen LogP contribution in [0.5, 0.6) is 0 Å². The molecule has 0 atom stereocenters. The number of amides is 1. The molecule has 2 N–H and O–H groups in total. The summed E-state index contributed by atoms with van der Waals surface area (Å²) in [5.74, 6) is -2.59. The number of unbranched alkanes of at least 4 members (excludes halogenated alkanes) is 14. The van der Waals surface area contributed by atoms with Crippen LogP contribution in [0.4, 0.5) is 0 Å². The summed E-state index contributed by atoms with van der Waals surface area (Å²) in [6, 6.07) is 0. The minimum Gasteiger partial charge on any atom is -0.549 e. The number of rotatable bonds is 25. The largest absolute Gasteiger partial charge is 1.00 e. The maximum absolute atomic E-state index is 12.5. The standard InChI is InChI=1S/C26H50N2O6.Na/c1-2-3-4-5-6-7-8-9-10-11-12-13-14-15-16-17-24(30)28(20-21-29)19-18-27(22-25(31)32)23-26(33)34;/h29H,2-23H2,1H3,(H,31,32)(H,33,34);/q;+1/p-1. The van der Waals surface area contributed by atoms with Gasteiger partial charge < -0.3 is 25.0 Å². The molecule has 8 nitrogen and oxygen atoms in total. The van der Waals surface area contributed by atoms with Crippen molar-refractivity contribution in [2.24, 2.45) is 0 Å². The molecule has 0 radical (unpaired) electrons. The van der Waals surface area contributed by atoms with Gasteiger partial charge in [-0.25, -0.2) is 0 Å². The van der Waals surface area contributed by atoms with E-state index in [1.807, 2.05) is 0 Å². The van der Waals surface area contributed by atoms with E-state index in [1.165, 1.54) is 86.8 Å². The van der Waals surface area contributed by atoms with Crippen LogP contribution >= 0.6 is 0 Å². The maximum atomic E-state index is 12.5. The van der Waals surface area contributed by atoms with Crippen LogP contribution in [0.3, 0.4) is 0 Å². The van der Waals surface area contributed by atoms with E-state index in [0.717, 1.165) is 19.3 Å². The van der Waals surface area contributed by atoms with Crippen LogP contribution in [0, 0.1) is 0 Å². The number of carboxylic acids is 2. The van der Waals surface area contributed by atoms with Gasteiger partial charge in [-0.15, -0.1) is 0 Å². The molecule has 0 spiro atoms. The van der Waals surface area contributed by atoms with E-state index in [4.69, 9.17) is 5.11 Å². The third kappa shape index (κ3) is 24.8. The molecule has 35 heavy (non-hydrogen) atoms. The molecule has 0 aromatic carbocycles. The first-order valence-corrected chi connectivity index (χ1v) is 13.4. The molecule has 1 amide bonds. The first-order valence-electron chi connectivity index (χ1n) is 13.4. The third-order valence-corrected chi connectivity index (χ3v) is 6.11. The van der Waals surface area contributed by atoms with Gasteiger partial charge in [0.05, 0.1) is 19.1 Å². The second kappa shape index (κ2) is 26.4. The molecule has 0 aromatic heterocycles. The predicted octanol–water partition coefficient (Wildman–Crippen LogP) is 0.209. The Bertz CT molecular complexity index is 520. The maximum Gasteiger partial charge on any atom is 1.00 e. The van der Waals surface area contributed by atoms with Crippen LogP contribution in [0.25, 0.3) is 0 Å². The molecule has 0 bridgehead atoms. The van der Waals surface area contributed by atoms with Gasteiger partial charge in [0.2, 0.25) is 5.91 Å². The molecule has 0 aliphatic heterocycles. The summed E-state index contributed by atoms with van der Waals surface area (Å²) in [7, 11) is 0. The van der Waals surface area contributed by atoms with Crippen molar-refractivity contribution < 1.29 is 59.3 Å². The molecule has 0 aliphatic carbocycles. The van der Waals surface area contributed by atoms with E-state index < -0.39 is 25.0 Å². The number of carbonyl (C=O) groups excluding carboxylic acids is 2. The molecule has 0 heterocycles. The van der Waals surface area contributed by atoms with Crippen molar-refractivity contribution in [3.8, 4) is 0 Å². The molecule has 0 rings (SSSR count). The number of aliphatic hydroxyl groups is 1. The molecule has 0 fully saturated rings. The quantitative estimate of drug-likeness (QED) is 0.134. The third-order valence-electron chi connectivity index (χ3n) is 6.11. The van der Waals surface area contributed by atoms with Gasteiger partial charge in [-0.05, 0) is 6.42 Å². The van der Waals surface area contributed by atoms with Gasteiger partial charge in [-0.3, -0.25) is 14.5 Å². The number of nitrogens with zero attached hydrogens (tertiary/aromatic N) is 2. The van der Waals surface area contributed by atoms with Crippen LogP contribution in [-0.4, -0.2) is 77.2 Å². The van der Waals surface area contributed by atoms with Crippen molar-refractivity contribution in [1.82, 2.24) is 9.80 Å². The number of carboxylic acid groups (broad SMARTS) is 2. The zero-order valence-corrected chi connectivity index (χ0v) is 24.5. The SMILES string of the molecule is CCCCCCCCCCCCCCCCCC(=O)N(CCO)CCN(CC(=O)[O-])CC(=O)O.[Na+]. The summed E-state index contributed by atoms with van der Waals surface area (Å²) >= 11 is 0. The van der Waals surface area contributed by atoms with Crippen LogP contribution in [0.2, 0.25) is 0 Å². The number of hydrogen-bond acceptors (Lipinski definition) is 6. The average Bonchev–Trinajstić information content (AvgIpc) is 2.78. The first-order chi connectivity index (χ1) is 16.4. The van der Waals surface area contributed by atoms with E-state index in [0.29, 0.717) is 6.42 Å². The van der Waals surface area contributed by atoms with Gasteiger partial charge in [0.1, 0.15) is 0 Å². The number of carbonyl (C=O) groups is 3. The van der Waals surface area contributed by atoms with Crippen molar-refractivity contribution in [2.45, 2.75) is 110 Å². The summed E-state index contributed by atoms with van der Waals surface area (Å²) in [6.07, 6.45) is 19.2. The molecule has 200 valence electrons. The number of aliphatic carboxylic acids is 2. The average molecular weight is 509 g/mol. The van der Waals surface area contributed by atoms with Crippen LogP contribution < -0.4 is 34.7 Å². The fourth-order valence-corrected chi connectivity index (χ4v) is 4.14. The number of hydrogen-bond donors (Lipinski definition) is 2. The minimum atomic E-state index is -1.36. The van der Waals surface area contributed by atoms with Gasteiger partial charge in [-0.2, -0.15) is 0 Å². The Morgan fingerprint density at radius 2 is 1.14 bits per heavy atom. The van der Waals surface area contributed by atoms with Gasteiger partial charge in [-0.1, -0.05) is 96.8 Å². The van der Waals surface area contributed by atoms with Gasteiger partial charge in [0, 0.05) is 32.6 Å². The first kappa shape index (κ1) is 36.5. The molecular formula is C26H49N2NaO6. The molecule has 0 saturated heterocycles. The fourth-order valence-electron chi connectivity index (χ4n) is 4.14. The molecule has 0 unspecified atom stereocenters. The van der Waals surface area contributed by atoms with Gasteiger partial charge >= 0.3 is 35.5 Å². The molecule has 0 saturated carbocycles. The van der Waals surface area contributed by atoms with E-state index in [-0.39, 0.29) is 61.7 Å². The zero-order valence-electron chi connectivity index (χ0n) is 22.5. The van der Waals surface area contributed by atoms with Crippen molar-refractivity contribution in [2.75, 3.05) is 39.3 Å². The Hall–Kier alpha value is -0.670. The van der Waals surface area contributed by atoms with Crippen LogP contribution in [0.1, 0.15) is 110 Å². The topological polar surface area (TPSA) is 121 Å². The molecule has 0 aliphatic rings. The minimum absolute atomic E-state index is 0. The Morgan fingerprint density at radius 3 is 1.54 bits per heavy atom. The predicted molar refractivity (Wildman–Crippen MR) is 132 cm³/mol. The smallest absolute Gasteiger partial charge is 0.549 e. The van der Waals surface area contributed by atoms with Crippen molar-refractivity contribution in [3.63, 3.8) is 0 Å². The Morgan fingerprint density at radius 1 is 0.686 bits per heavy atom. The van der Waals surface area contributed by atoms with E-state index >= 15 is 0 Å². The molecule has 0 aromatic rings. The van der Waals surface area contributed by atoms with E-state index in [9.17, 15) is 24.6 Å². The van der Waals surface area contributed by atoms with E-state index in [1.54, 1.807) is 0 Å².